The molecule has 0 aromatic carbocycles. The summed E-state index contributed by atoms with van der Waals surface area (Å²) >= 11 is 1.05. The molecule has 1 saturated carbocycles. The molecule has 0 spiro atoms. The minimum Gasteiger partial charge on any atom is -0.370 e. The third kappa shape index (κ3) is 6.26. The lowest BCUT2D eigenvalue weighted by Crippen LogP contribution is -2.46. The van der Waals surface area contributed by atoms with Crippen molar-refractivity contribution in [2.24, 2.45) is 10.4 Å². The number of amides is 1. The zero-order valence-corrected chi connectivity index (χ0v) is 24.1. The molecule has 2 unspecified atom stereocenters. The van der Waals surface area contributed by atoms with Gasteiger partial charge < -0.3 is 15.0 Å². The van der Waals surface area contributed by atoms with Crippen molar-refractivity contribution in [1.82, 2.24) is 20.4 Å². The number of nitrogens with one attached hydrogen (secondary N) is 3. The molecule has 1 aliphatic carbocycles. The van der Waals surface area contributed by atoms with Gasteiger partial charge in [0.05, 0.1) is 11.0 Å². The lowest BCUT2D eigenvalue weighted by molar-refractivity contribution is -0.192. The van der Waals surface area contributed by atoms with Crippen LogP contribution < -0.4 is 25.4 Å². The lowest BCUT2D eigenvalue weighted by atomic mass is 10.0. The summed E-state index contributed by atoms with van der Waals surface area (Å²) in [4.78, 5) is 25.0. The van der Waals surface area contributed by atoms with Crippen molar-refractivity contribution in [2.75, 3.05) is 23.1 Å². The van der Waals surface area contributed by atoms with Gasteiger partial charge in [-0.15, -0.1) is 0 Å². The first-order valence-corrected chi connectivity index (χ1v) is 14.6. The molecule has 1 amide bonds. The SMILES string of the molecule is C=C/C1=N\C(=C)NCCC2CCC(C)(C)N2c2nc(N3C=CC(OCCC4(C(F)(F)F)CC4)N3)ccc2C(=O)NS1. The predicted octanol–water partition coefficient (Wildman–Crippen LogP) is 5.17. The summed E-state index contributed by atoms with van der Waals surface area (Å²) in [6.45, 7) is 12.7. The summed E-state index contributed by atoms with van der Waals surface area (Å²) in [5.74, 6) is 1.27. The molecule has 222 valence electrons. The molecule has 0 radical (unpaired) electrons. The van der Waals surface area contributed by atoms with Gasteiger partial charge in [0.1, 0.15) is 28.7 Å². The fraction of sp³-hybridized carbons (Fsp3) is 0.536. The summed E-state index contributed by atoms with van der Waals surface area (Å²) in [5, 5.41) is 5.42. The van der Waals surface area contributed by atoms with E-state index in [1.165, 1.54) is 0 Å². The first kappa shape index (κ1) is 29.5. The van der Waals surface area contributed by atoms with Crippen LogP contribution in [-0.4, -0.2) is 53.1 Å². The smallest absolute Gasteiger partial charge is 0.370 e. The molecule has 1 aromatic rings. The van der Waals surface area contributed by atoms with Crippen molar-refractivity contribution >= 4 is 34.5 Å². The minimum atomic E-state index is -4.20. The zero-order valence-electron chi connectivity index (χ0n) is 23.3. The zero-order chi connectivity index (χ0) is 29.4. The van der Waals surface area contributed by atoms with E-state index >= 15 is 0 Å². The van der Waals surface area contributed by atoms with E-state index in [2.05, 4.69) is 52.4 Å². The van der Waals surface area contributed by atoms with Gasteiger partial charge in [-0.2, -0.15) is 18.6 Å². The second kappa shape index (κ2) is 11.3. The summed E-state index contributed by atoms with van der Waals surface area (Å²) in [7, 11) is 0. The Kier molecular flexibility index (Phi) is 8.14. The molecule has 9 nitrogen and oxygen atoms in total. The van der Waals surface area contributed by atoms with Crippen LogP contribution in [0, 0.1) is 5.41 Å². The van der Waals surface area contributed by atoms with E-state index in [0.29, 0.717) is 34.6 Å². The number of rotatable bonds is 6. The number of carbonyl (C=O) groups excluding carboxylic acids is 1. The second-order valence-electron chi connectivity index (χ2n) is 11.4. The molecule has 5 rings (SSSR count). The number of fused-ring (bicyclic) bond motifs is 3. The number of halogens is 3. The van der Waals surface area contributed by atoms with Gasteiger partial charge in [0.2, 0.25) is 0 Å². The number of hydrazine groups is 1. The van der Waals surface area contributed by atoms with Crippen molar-refractivity contribution in [2.45, 2.75) is 76.4 Å². The Morgan fingerprint density at radius 3 is 2.73 bits per heavy atom. The van der Waals surface area contributed by atoms with Gasteiger partial charge in [-0.05, 0) is 76.7 Å². The molecule has 3 aliphatic heterocycles. The molecule has 1 aromatic heterocycles. The molecular formula is C28H36F3N7O2S. The van der Waals surface area contributed by atoms with E-state index in [4.69, 9.17) is 9.72 Å². The van der Waals surface area contributed by atoms with Crippen molar-refractivity contribution in [3.63, 3.8) is 0 Å². The standard InChI is InChI=1S/C28H36F3N7O2S/c1-5-23-33-18(2)32-15-9-19-8-11-26(3,4)38(19)24-20(25(39)36-41-23)6-7-21(34-24)37-16-10-22(35-37)40-17-14-27(12-13-27)28(29,30)31/h5-7,10,16,19,22,32,35H,1-2,8-9,11-15,17H2,3-4H3,(H,36,39)/b33-23+. The molecule has 41 heavy (non-hydrogen) atoms. The van der Waals surface area contributed by atoms with Crippen LogP contribution in [0.15, 0.2) is 54.5 Å². The Hall–Kier alpha value is -3.03. The van der Waals surface area contributed by atoms with E-state index in [9.17, 15) is 18.0 Å². The molecule has 3 N–H and O–H groups in total. The third-order valence-electron chi connectivity index (χ3n) is 8.17. The number of aromatic nitrogens is 1. The molecule has 0 bridgehead atoms. The van der Waals surface area contributed by atoms with E-state index in [-0.39, 0.29) is 43.4 Å². The summed E-state index contributed by atoms with van der Waals surface area (Å²) < 4.78 is 48.3. The van der Waals surface area contributed by atoms with Gasteiger partial charge in [-0.1, -0.05) is 13.2 Å². The molecule has 2 fully saturated rings. The quantitative estimate of drug-likeness (QED) is 0.391. The maximum atomic E-state index is 13.4. The van der Waals surface area contributed by atoms with Crippen LogP contribution in [0.5, 0.6) is 0 Å². The highest BCUT2D eigenvalue weighted by atomic mass is 32.2. The monoisotopic (exact) mass is 591 g/mol. The summed E-state index contributed by atoms with van der Waals surface area (Å²) in [5.41, 5.74) is 1.71. The fourth-order valence-corrected chi connectivity index (χ4v) is 6.13. The van der Waals surface area contributed by atoms with Crippen LogP contribution in [0.1, 0.15) is 62.7 Å². The van der Waals surface area contributed by atoms with Crippen LogP contribution in [0.4, 0.5) is 24.8 Å². The van der Waals surface area contributed by atoms with Crippen molar-refractivity contribution in [1.29, 1.82) is 0 Å². The number of nitrogens with zero attached hydrogens (tertiary/aromatic N) is 4. The Bertz CT molecular complexity index is 1260. The van der Waals surface area contributed by atoms with E-state index in [1.807, 2.05) is 0 Å². The highest BCUT2D eigenvalue weighted by Gasteiger charge is 2.62. The molecule has 2 atom stereocenters. The Morgan fingerprint density at radius 2 is 2.02 bits per heavy atom. The summed E-state index contributed by atoms with van der Waals surface area (Å²) in [6, 6.07) is 3.59. The number of anilines is 2. The van der Waals surface area contributed by atoms with Crippen LogP contribution >= 0.6 is 11.9 Å². The number of aliphatic imine (C=N–C) groups is 1. The molecule has 1 saturated heterocycles. The average Bonchev–Trinajstić information content (AvgIpc) is 3.47. The fourth-order valence-electron chi connectivity index (χ4n) is 5.58. The maximum Gasteiger partial charge on any atom is 0.394 e. The predicted molar refractivity (Wildman–Crippen MR) is 155 cm³/mol. The Labute approximate surface area is 242 Å². The molecule has 4 aliphatic rings. The van der Waals surface area contributed by atoms with Crippen molar-refractivity contribution < 1.29 is 22.7 Å². The second-order valence-corrected chi connectivity index (χ2v) is 12.3. The summed E-state index contributed by atoms with van der Waals surface area (Å²) in [6.07, 6.45) is 3.15. The van der Waals surface area contributed by atoms with E-state index in [1.54, 1.807) is 35.5 Å². The van der Waals surface area contributed by atoms with Crippen LogP contribution in [0.25, 0.3) is 0 Å². The lowest BCUT2D eigenvalue weighted by Gasteiger charge is -2.38. The number of hydrogen-bond acceptors (Lipinski definition) is 9. The van der Waals surface area contributed by atoms with Crippen LogP contribution in [0.3, 0.4) is 0 Å². The van der Waals surface area contributed by atoms with Crippen molar-refractivity contribution in [3.05, 3.63) is 55.0 Å². The first-order valence-electron chi connectivity index (χ1n) is 13.8. The first-order chi connectivity index (χ1) is 19.4. The van der Waals surface area contributed by atoms with Gasteiger partial charge in [0.25, 0.3) is 5.91 Å². The number of alkyl halides is 3. The highest BCUT2D eigenvalue weighted by Crippen LogP contribution is 2.59. The van der Waals surface area contributed by atoms with Crippen LogP contribution in [0.2, 0.25) is 0 Å². The van der Waals surface area contributed by atoms with Gasteiger partial charge in [0.15, 0.2) is 0 Å². The van der Waals surface area contributed by atoms with Gasteiger partial charge >= 0.3 is 6.18 Å². The highest BCUT2D eigenvalue weighted by molar-refractivity contribution is 8.13. The average molecular weight is 592 g/mol. The van der Waals surface area contributed by atoms with E-state index in [0.717, 1.165) is 31.2 Å². The van der Waals surface area contributed by atoms with Crippen molar-refractivity contribution in [3.8, 4) is 0 Å². The number of pyridine rings is 1. The Balaban J connectivity index is 1.36. The third-order valence-corrected chi connectivity index (χ3v) is 8.93. The van der Waals surface area contributed by atoms with Gasteiger partial charge in [0, 0.05) is 42.9 Å². The normalized spacial score (nSPS) is 26.9. The topological polar surface area (TPSA) is 94.1 Å². The maximum absolute atomic E-state index is 13.4. The number of hydrogen-bond donors (Lipinski definition) is 3. The number of ether oxygens (including phenoxy) is 1. The van der Waals surface area contributed by atoms with Crippen LogP contribution in [-0.2, 0) is 4.74 Å². The number of carbonyl (C=O) groups is 1. The molecule has 13 heteroatoms. The Morgan fingerprint density at radius 1 is 1.24 bits per heavy atom. The van der Waals surface area contributed by atoms with Gasteiger partial charge in [-0.3, -0.25) is 14.5 Å². The van der Waals surface area contributed by atoms with E-state index < -0.39 is 17.8 Å². The molecular weight excluding hydrogens is 555 g/mol. The largest absolute Gasteiger partial charge is 0.394 e. The van der Waals surface area contributed by atoms with Gasteiger partial charge in [-0.25, -0.2) is 9.98 Å². The minimum absolute atomic E-state index is 0.00901. The molecule has 4 heterocycles.